The van der Waals surface area contributed by atoms with E-state index in [1.165, 1.54) is 49.3 Å². The standard InChI is InChI=1S/C18H24.2H2S/c1-3-5-9-15-13-14-16-10-7-8-12-18(16)17(15)11-6-4-2;;/h7-8,10,12-14H,3-6,9,11H2,1-2H3;2*1H2. The second-order valence-corrected chi connectivity index (χ2v) is 5.13. The molecule has 0 unspecified atom stereocenters. The van der Waals surface area contributed by atoms with Crippen LogP contribution >= 0.6 is 27.0 Å². The van der Waals surface area contributed by atoms with Gasteiger partial charge in [0.05, 0.1) is 0 Å². The number of aryl methyl sites for hydroxylation is 2. The number of hydrogen-bond acceptors (Lipinski definition) is 0. The Kier molecular flexibility index (Phi) is 9.87. The molecule has 0 aliphatic heterocycles. The lowest BCUT2D eigenvalue weighted by Crippen LogP contribution is -1.96. The van der Waals surface area contributed by atoms with Crippen LogP contribution in [-0.4, -0.2) is 0 Å². The van der Waals surface area contributed by atoms with Crippen molar-refractivity contribution in [1.29, 1.82) is 0 Å². The number of hydrogen-bond donors (Lipinski definition) is 0. The first kappa shape index (κ1) is 19.4. The molecule has 0 radical (unpaired) electrons. The van der Waals surface area contributed by atoms with E-state index in [1.54, 1.807) is 11.1 Å². The quantitative estimate of drug-likeness (QED) is 0.637. The average molecular weight is 309 g/mol. The maximum absolute atomic E-state index is 2.35. The molecule has 0 aliphatic rings. The SMILES string of the molecule is CCCCc1ccc2ccccc2c1CCCC.S.S. The van der Waals surface area contributed by atoms with Crippen LogP contribution in [0.25, 0.3) is 10.8 Å². The number of fused-ring (bicyclic) bond motifs is 1. The second kappa shape index (κ2) is 10.2. The lowest BCUT2D eigenvalue weighted by Gasteiger charge is -2.13. The maximum Gasteiger partial charge on any atom is -0.0149 e. The maximum atomic E-state index is 2.35. The molecule has 0 N–H and O–H groups in total. The summed E-state index contributed by atoms with van der Waals surface area (Å²) >= 11 is 0. The van der Waals surface area contributed by atoms with E-state index in [9.17, 15) is 0 Å². The van der Waals surface area contributed by atoms with Crippen LogP contribution in [0.4, 0.5) is 0 Å². The van der Waals surface area contributed by atoms with Gasteiger partial charge in [-0.3, -0.25) is 0 Å². The fourth-order valence-corrected chi connectivity index (χ4v) is 2.63. The summed E-state index contributed by atoms with van der Waals surface area (Å²) in [5, 5.41) is 2.86. The van der Waals surface area contributed by atoms with E-state index in [2.05, 4.69) is 50.2 Å². The number of rotatable bonds is 6. The molecular weight excluding hydrogens is 280 g/mol. The predicted octanol–water partition coefficient (Wildman–Crippen LogP) is 5.75. The Morgan fingerprint density at radius 2 is 1.40 bits per heavy atom. The van der Waals surface area contributed by atoms with Gasteiger partial charge in [0, 0.05) is 0 Å². The van der Waals surface area contributed by atoms with Crippen molar-refractivity contribution < 1.29 is 0 Å². The Bertz CT molecular complexity index is 506. The molecular formula is C18H28S2. The van der Waals surface area contributed by atoms with Crippen molar-refractivity contribution in [3.8, 4) is 0 Å². The van der Waals surface area contributed by atoms with Crippen molar-refractivity contribution in [1.82, 2.24) is 0 Å². The summed E-state index contributed by atoms with van der Waals surface area (Å²) in [6, 6.07) is 13.5. The molecule has 0 heterocycles. The van der Waals surface area contributed by atoms with Gasteiger partial charge in [-0.25, -0.2) is 0 Å². The summed E-state index contributed by atoms with van der Waals surface area (Å²) in [5.41, 5.74) is 3.17. The van der Waals surface area contributed by atoms with Gasteiger partial charge in [0.25, 0.3) is 0 Å². The fourth-order valence-electron chi connectivity index (χ4n) is 2.63. The van der Waals surface area contributed by atoms with Gasteiger partial charge >= 0.3 is 0 Å². The van der Waals surface area contributed by atoms with Gasteiger partial charge in [-0.2, -0.15) is 27.0 Å². The van der Waals surface area contributed by atoms with Gasteiger partial charge < -0.3 is 0 Å². The van der Waals surface area contributed by atoms with Crippen molar-refractivity contribution in [3.63, 3.8) is 0 Å². The zero-order valence-electron chi connectivity index (χ0n) is 12.7. The monoisotopic (exact) mass is 308 g/mol. The normalized spacial score (nSPS) is 9.90. The average Bonchev–Trinajstić information content (AvgIpc) is 2.43. The summed E-state index contributed by atoms with van der Waals surface area (Å²) < 4.78 is 0. The number of benzene rings is 2. The summed E-state index contributed by atoms with van der Waals surface area (Å²) in [6.07, 6.45) is 7.62. The summed E-state index contributed by atoms with van der Waals surface area (Å²) in [5.74, 6) is 0. The van der Waals surface area contributed by atoms with Gasteiger partial charge in [-0.15, -0.1) is 0 Å². The van der Waals surface area contributed by atoms with Crippen LogP contribution < -0.4 is 0 Å². The zero-order valence-corrected chi connectivity index (χ0v) is 14.7. The second-order valence-electron chi connectivity index (χ2n) is 5.13. The predicted molar refractivity (Wildman–Crippen MR) is 102 cm³/mol. The molecule has 0 saturated carbocycles. The van der Waals surface area contributed by atoms with Crippen LogP contribution in [0.3, 0.4) is 0 Å². The van der Waals surface area contributed by atoms with E-state index < -0.39 is 0 Å². The molecule has 0 atom stereocenters. The molecule has 0 nitrogen and oxygen atoms in total. The first-order chi connectivity index (χ1) is 8.86. The summed E-state index contributed by atoms with van der Waals surface area (Å²) in [6.45, 7) is 4.55. The largest absolute Gasteiger partial charge is 0.197 e. The van der Waals surface area contributed by atoms with Gasteiger partial charge in [-0.1, -0.05) is 63.1 Å². The van der Waals surface area contributed by atoms with Crippen LogP contribution in [-0.2, 0) is 12.8 Å². The van der Waals surface area contributed by atoms with Crippen LogP contribution in [0.2, 0.25) is 0 Å². The van der Waals surface area contributed by atoms with Crippen molar-refractivity contribution in [3.05, 3.63) is 47.5 Å². The molecule has 2 heteroatoms. The van der Waals surface area contributed by atoms with Gasteiger partial charge in [-0.05, 0) is 47.6 Å². The Balaban J connectivity index is 0.00000180. The van der Waals surface area contributed by atoms with Crippen LogP contribution in [0.15, 0.2) is 36.4 Å². The van der Waals surface area contributed by atoms with E-state index in [4.69, 9.17) is 0 Å². The number of unbranched alkanes of at least 4 members (excludes halogenated alkanes) is 2. The topological polar surface area (TPSA) is 0 Å². The molecule has 0 saturated heterocycles. The minimum absolute atomic E-state index is 0. The summed E-state index contributed by atoms with van der Waals surface area (Å²) in [4.78, 5) is 0. The molecule has 0 aromatic heterocycles. The van der Waals surface area contributed by atoms with E-state index >= 15 is 0 Å². The third-order valence-corrected chi connectivity index (χ3v) is 3.72. The molecule has 2 aromatic rings. The molecule has 20 heavy (non-hydrogen) atoms. The van der Waals surface area contributed by atoms with Crippen molar-refractivity contribution in [2.24, 2.45) is 0 Å². The van der Waals surface area contributed by atoms with Crippen molar-refractivity contribution >= 4 is 37.8 Å². The van der Waals surface area contributed by atoms with Crippen LogP contribution in [0, 0.1) is 0 Å². The van der Waals surface area contributed by atoms with Crippen molar-refractivity contribution in [2.45, 2.75) is 52.4 Å². The summed E-state index contributed by atoms with van der Waals surface area (Å²) in [7, 11) is 0. The zero-order chi connectivity index (χ0) is 12.8. The lowest BCUT2D eigenvalue weighted by atomic mass is 9.92. The molecule has 112 valence electrons. The highest BCUT2D eigenvalue weighted by molar-refractivity contribution is 7.59. The first-order valence-electron chi connectivity index (χ1n) is 7.36. The molecule has 0 amide bonds. The van der Waals surface area contributed by atoms with Crippen LogP contribution in [0.5, 0.6) is 0 Å². The van der Waals surface area contributed by atoms with Gasteiger partial charge in [0.1, 0.15) is 0 Å². The first-order valence-corrected chi connectivity index (χ1v) is 7.36. The Hall–Kier alpha value is -0.600. The third-order valence-electron chi connectivity index (χ3n) is 3.72. The molecule has 0 fully saturated rings. The molecule has 2 aromatic carbocycles. The van der Waals surface area contributed by atoms with Gasteiger partial charge in [0.15, 0.2) is 0 Å². The smallest absolute Gasteiger partial charge is 0.0149 e. The van der Waals surface area contributed by atoms with E-state index in [1.807, 2.05) is 0 Å². The fraction of sp³-hybridized carbons (Fsp3) is 0.444. The highest BCUT2D eigenvalue weighted by Crippen LogP contribution is 2.25. The Morgan fingerprint density at radius 3 is 2.10 bits per heavy atom. The minimum atomic E-state index is 0. The van der Waals surface area contributed by atoms with Gasteiger partial charge in [0.2, 0.25) is 0 Å². The Labute approximate surface area is 137 Å². The lowest BCUT2D eigenvalue weighted by molar-refractivity contribution is 0.762. The molecule has 2 rings (SSSR count). The van der Waals surface area contributed by atoms with E-state index in [0.29, 0.717) is 0 Å². The van der Waals surface area contributed by atoms with E-state index in [0.717, 1.165) is 0 Å². The van der Waals surface area contributed by atoms with E-state index in [-0.39, 0.29) is 27.0 Å². The highest BCUT2D eigenvalue weighted by Gasteiger charge is 2.06. The Morgan fingerprint density at radius 1 is 0.750 bits per heavy atom. The third kappa shape index (κ3) is 4.75. The molecule has 0 bridgehead atoms. The highest BCUT2D eigenvalue weighted by atomic mass is 32.1. The molecule has 0 aliphatic carbocycles. The molecule has 0 spiro atoms. The van der Waals surface area contributed by atoms with Crippen molar-refractivity contribution in [2.75, 3.05) is 0 Å². The van der Waals surface area contributed by atoms with Crippen LogP contribution in [0.1, 0.15) is 50.7 Å². The minimum Gasteiger partial charge on any atom is -0.197 e.